The molecule has 7 heteroatoms. The summed E-state index contributed by atoms with van der Waals surface area (Å²) in [5.41, 5.74) is 0.893. The Labute approximate surface area is 164 Å². The van der Waals surface area contributed by atoms with Gasteiger partial charge in [-0.25, -0.2) is 4.98 Å². The molecule has 1 aromatic heterocycles. The molecule has 1 saturated carbocycles. The van der Waals surface area contributed by atoms with Crippen LogP contribution in [0.15, 0.2) is 30.7 Å². The quantitative estimate of drug-likeness (QED) is 0.838. The van der Waals surface area contributed by atoms with E-state index in [2.05, 4.69) is 10.3 Å². The highest BCUT2D eigenvalue weighted by Gasteiger charge is 2.24. The molecule has 1 N–H and O–H groups in total. The van der Waals surface area contributed by atoms with Gasteiger partial charge >= 0.3 is 0 Å². The van der Waals surface area contributed by atoms with E-state index < -0.39 is 0 Å². The number of hydrogen-bond donors (Lipinski definition) is 1. The van der Waals surface area contributed by atoms with E-state index in [9.17, 15) is 4.79 Å². The molecule has 1 amide bonds. The van der Waals surface area contributed by atoms with Crippen LogP contribution in [0, 0.1) is 11.3 Å². The molecule has 0 radical (unpaired) electrons. The molecule has 3 rings (SSSR count). The largest absolute Gasteiger partial charge is 0.490 e. The number of nitrogens with zero attached hydrogens (tertiary/aromatic N) is 3. The molecule has 27 heavy (non-hydrogen) atoms. The zero-order chi connectivity index (χ0) is 19.4. The monoisotopic (exact) mass is 386 g/mol. The number of amides is 1. The molecule has 1 aliphatic carbocycles. The smallest absolute Gasteiger partial charge is 0.271 e. The predicted octanol–water partition coefficient (Wildman–Crippen LogP) is 4.11. The third-order valence-electron chi connectivity index (χ3n) is 4.80. The van der Waals surface area contributed by atoms with Crippen LogP contribution < -0.4 is 10.1 Å². The highest BCUT2D eigenvalue weighted by molar-refractivity contribution is 6.31. The summed E-state index contributed by atoms with van der Waals surface area (Å²) in [6, 6.07) is 7.56. The van der Waals surface area contributed by atoms with E-state index in [4.69, 9.17) is 21.6 Å². The number of hydrogen-bond acceptors (Lipinski definition) is 4. The van der Waals surface area contributed by atoms with E-state index in [1.54, 1.807) is 30.7 Å². The highest BCUT2D eigenvalue weighted by Crippen LogP contribution is 2.27. The van der Waals surface area contributed by atoms with Gasteiger partial charge in [-0.05, 0) is 51.7 Å². The van der Waals surface area contributed by atoms with Crippen molar-refractivity contribution in [2.45, 2.75) is 57.7 Å². The lowest BCUT2D eigenvalue weighted by Crippen LogP contribution is -2.39. The van der Waals surface area contributed by atoms with E-state index in [1.807, 2.05) is 24.5 Å². The highest BCUT2D eigenvalue weighted by atomic mass is 35.5. The second-order valence-corrected chi connectivity index (χ2v) is 7.53. The minimum Gasteiger partial charge on any atom is -0.490 e. The van der Waals surface area contributed by atoms with Crippen molar-refractivity contribution >= 4 is 17.5 Å². The SMILES string of the molecule is CC(C)n1cnc(C(=O)N[C@H]2CC[C@H](Oc3ccc(C#N)c(Cl)c3)CC2)c1. The summed E-state index contributed by atoms with van der Waals surface area (Å²) in [6.45, 7) is 4.09. The second-order valence-electron chi connectivity index (χ2n) is 7.12. The van der Waals surface area contributed by atoms with E-state index in [0.29, 0.717) is 22.0 Å². The molecule has 0 aliphatic heterocycles. The fraction of sp³-hybridized carbons (Fsp3) is 0.450. The first-order chi connectivity index (χ1) is 13.0. The molecule has 142 valence electrons. The molecule has 0 bridgehead atoms. The van der Waals surface area contributed by atoms with Gasteiger partial charge in [0.15, 0.2) is 0 Å². The van der Waals surface area contributed by atoms with Gasteiger partial charge in [-0.3, -0.25) is 4.79 Å². The van der Waals surface area contributed by atoms with Crippen LogP contribution >= 0.6 is 11.6 Å². The lowest BCUT2D eigenvalue weighted by molar-refractivity contribution is 0.0889. The van der Waals surface area contributed by atoms with Gasteiger partial charge in [0.2, 0.25) is 0 Å². The van der Waals surface area contributed by atoms with Crippen LogP contribution in [0.2, 0.25) is 5.02 Å². The van der Waals surface area contributed by atoms with E-state index in [0.717, 1.165) is 25.7 Å². The van der Waals surface area contributed by atoms with Crippen molar-refractivity contribution in [2.75, 3.05) is 0 Å². The number of benzene rings is 1. The van der Waals surface area contributed by atoms with Crippen LogP contribution in [0.5, 0.6) is 5.75 Å². The minimum absolute atomic E-state index is 0.0855. The summed E-state index contributed by atoms with van der Waals surface area (Å²) in [5, 5.41) is 12.4. The van der Waals surface area contributed by atoms with Crippen LogP contribution in [0.3, 0.4) is 0 Å². The fourth-order valence-corrected chi connectivity index (χ4v) is 3.39. The van der Waals surface area contributed by atoms with Gasteiger partial charge in [-0.2, -0.15) is 5.26 Å². The predicted molar refractivity (Wildman–Crippen MR) is 103 cm³/mol. The van der Waals surface area contributed by atoms with E-state index in [1.165, 1.54) is 0 Å². The number of imidazole rings is 1. The van der Waals surface area contributed by atoms with Crippen LogP contribution in [0.25, 0.3) is 0 Å². The maximum absolute atomic E-state index is 12.4. The zero-order valence-corrected chi connectivity index (χ0v) is 16.2. The number of aromatic nitrogens is 2. The Morgan fingerprint density at radius 2 is 2.11 bits per heavy atom. The normalized spacial score (nSPS) is 19.5. The molecular formula is C20H23ClN4O2. The number of rotatable bonds is 5. The molecule has 0 saturated heterocycles. The summed E-state index contributed by atoms with van der Waals surface area (Å²) >= 11 is 6.05. The molecule has 0 unspecified atom stereocenters. The van der Waals surface area contributed by atoms with Crippen molar-refractivity contribution in [1.82, 2.24) is 14.9 Å². The molecule has 2 aromatic rings. The third kappa shape index (κ3) is 4.81. The van der Waals surface area contributed by atoms with Crippen LogP contribution in [0.4, 0.5) is 0 Å². The lowest BCUT2D eigenvalue weighted by Gasteiger charge is -2.29. The number of nitriles is 1. The molecule has 1 aliphatic rings. The molecule has 1 aromatic carbocycles. The summed E-state index contributed by atoms with van der Waals surface area (Å²) in [7, 11) is 0. The third-order valence-corrected chi connectivity index (χ3v) is 5.12. The fourth-order valence-electron chi connectivity index (χ4n) is 3.17. The van der Waals surface area contributed by atoms with Crippen molar-refractivity contribution in [3.8, 4) is 11.8 Å². The van der Waals surface area contributed by atoms with Crippen molar-refractivity contribution in [2.24, 2.45) is 0 Å². The number of carbonyl (C=O) groups excluding carboxylic acids is 1. The number of ether oxygens (including phenoxy) is 1. The van der Waals surface area contributed by atoms with Gasteiger partial charge in [0, 0.05) is 24.3 Å². The Morgan fingerprint density at radius 1 is 1.37 bits per heavy atom. The molecule has 1 fully saturated rings. The molecular weight excluding hydrogens is 364 g/mol. The maximum atomic E-state index is 12.4. The summed E-state index contributed by atoms with van der Waals surface area (Å²) in [6.07, 6.45) is 6.96. The average molecular weight is 387 g/mol. The Kier molecular flexibility index (Phi) is 6.02. The lowest BCUT2D eigenvalue weighted by atomic mass is 9.93. The minimum atomic E-state index is -0.127. The zero-order valence-electron chi connectivity index (χ0n) is 15.5. The van der Waals surface area contributed by atoms with Gasteiger partial charge in [0.1, 0.15) is 17.5 Å². The van der Waals surface area contributed by atoms with Crippen LogP contribution in [0.1, 0.15) is 61.6 Å². The first-order valence-corrected chi connectivity index (χ1v) is 9.54. The number of carbonyl (C=O) groups is 1. The average Bonchev–Trinajstić information content (AvgIpc) is 3.14. The topological polar surface area (TPSA) is 79.9 Å². The Bertz CT molecular complexity index is 848. The van der Waals surface area contributed by atoms with Crippen molar-refractivity contribution in [1.29, 1.82) is 5.26 Å². The number of nitrogens with one attached hydrogen (secondary N) is 1. The molecule has 1 heterocycles. The van der Waals surface area contributed by atoms with Gasteiger partial charge in [0.05, 0.1) is 23.0 Å². The van der Waals surface area contributed by atoms with E-state index in [-0.39, 0.29) is 24.1 Å². The summed E-state index contributed by atoms with van der Waals surface area (Å²) in [4.78, 5) is 16.5. The van der Waals surface area contributed by atoms with Crippen molar-refractivity contribution in [3.63, 3.8) is 0 Å². The van der Waals surface area contributed by atoms with Crippen molar-refractivity contribution in [3.05, 3.63) is 47.0 Å². The second kappa shape index (κ2) is 8.45. The summed E-state index contributed by atoms with van der Waals surface area (Å²) < 4.78 is 7.90. The first-order valence-electron chi connectivity index (χ1n) is 9.17. The Hall–Kier alpha value is -2.52. The number of halogens is 1. The Morgan fingerprint density at radius 3 is 2.70 bits per heavy atom. The van der Waals surface area contributed by atoms with Gasteiger partial charge in [0.25, 0.3) is 5.91 Å². The van der Waals surface area contributed by atoms with Gasteiger partial charge in [-0.15, -0.1) is 0 Å². The summed E-state index contributed by atoms with van der Waals surface area (Å²) in [5.74, 6) is 0.545. The maximum Gasteiger partial charge on any atom is 0.271 e. The van der Waals surface area contributed by atoms with E-state index >= 15 is 0 Å². The molecule has 6 nitrogen and oxygen atoms in total. The van der Waals surface area contributed by atoms with Crippen molar-refractivity contribution < 1.29 is 9.53 Å². The van der Waals surface area contributed by atoms with Crippen LogP contribution in [-0.2, 0) is 0 Å². The standard InChI is InChI=1S/C20H23ClN4O2/c1-13(2)25-11-19(23-12-25)20(26)24-15-4-7-16(8-5-15)27-17-6-3-14(10-22)18(21)9-17/h3,6,9,11-13,15-16H,4-5,7-8H2,1-2H3,(H,24,26)/t15-,16-. The van der Waals surface area contributed by atoms with Gasteiger partial charge in [-0.1, -0.05) is 11.6 Å². The Balaban J connectivity index is 1.49. The van der Waals surface area contributed by atoms with Gasteiger partial charge < -0.3 is 14.6 Å². The first kappa shape index (κ1) is 19.2. The molecule has 0 spiro atoms. The molecule has 0 atom stereocenters. The van der Waals surface area contributed by atoms with Crippen LogP contribution in [-0.4, -0.2) is 27.6 Å².